The van der Waals surface area contributed by atoms with Crippen LogP contribution in [0.4, 0.5) is 45.5 Å². The molecule has 0 radical (unpaired) electrons. The van der Waals surface area contributed by atoms with Crippen molar-refractivity contribution < 1.29 is 0 Å². The van der Waals surface area contributed by atoms with E-state index in [1.807, 2.05) is 12.1 Å². The van der Waals surface area contributed by atoms with E-state index in [9.17, 15) is 0 Å². The van der Waals surface area contributed by atoms with E-state index in [-0.39, 0.29) is 0 Å². The molecule has 0 fully saturated rings. The highest BCUT2D eigenvalue weighted by Crippen LogP contribution is 2.38. The lowest BCUT2D eigenvalue weighted by Crippen LogP contribution is -2.09. The van der Waals surface area contributed by atoms with Crippen molar-refractivity contribution in [2.24, 2.45) is 0 Å². The molecule has 0 aliphatic rings. The van der Waals surface area contributed by atoms with E-state index < -0.39 is 0 Å². The second kappa shape index (κ2) is 34.0. The van der Waals surface area contributed by atoms with Gasteiger partial charge in [0.15, 0.2) is 0 Å². The number of benzene rings is 17. The van der Waals surface area contributed by atoms with Crippen molar-refractivity contribution in [1.82, 2.24) is 0 Å². The van der Waals surface area contributed by atoms with Gasteiger partial charge in [-0.3, -0.25) is 0 Å². The van der Waals surface area contributed by atoms with E-state index in [2.05, 4.69) is 472 Å². The first-order valence-electron chi connectivity index (χ1n) is 36.2. The van der Waals surface area contributed by atoms with E-state index in [0.29, 0.717) is 0 Å². The minimum absolute atomic E-state index is 1.16. The summed E-state index contributed by atoms with van der Waals surface area (Å²) in [5.74, 6) is 0. The van der Waals surface area contributed by atoms with Crippen LogP contribution in [-0.2, 0) is 0 Å². The fourth-order valence-corrected chi connectivity index (χ4v) is 13.5. The van der Waals surface area contributed by atoms with Crippen LogP contribution in [-0.4, -0.2) is 28.2 Å². The Bertz CT molecular complexity index is 5470. The van der Waals surface area contributed by atoms with Crippen LogP contribution in [0, 0.1) is 0 Å². The Morgan fingerprint density at radius 3 is 0.792 bits per heavy atom. The molecule has 106 heavy (non-hydrogen) atoms. The number of hydrogen-bond donors (Lipinski definition) is 0. The molecule has 4 heteroatoms. The Morgan fingerprint density at radius 1 is 0.132 bits per heavy atom. The molecule has 512 valence electrons. The Labute approximate surface area is 625 Å². The Hall–Kier alpha value is -13.5. The Kier molecular flexibility index (Phi) is 22.3. The molecule has 0 spiro atoms. The Balaban J connectivity index is 0.000000120. The topological polar surface area (TPSA) is 13.0 Å². The summed E-state index contributed by atoms with van der Waals surface area (Å²) in [4.78, 5) is 8.97. The van der Waals surface area contributed by atoms with Crippen LogP contribution in [0.15, 0.2) is 437 Å². The molecule has 0 atom stereocenters. The molecule has 0 aliphatic heterocycles. The first-order chi connectivity index (χ1) is 52.2. The maximum absolute atomic E-state index is 2.28. The van der Waals surface area contributed by atoms with Crippen LogP contribution in [0.25, 0.3) is 99.4 Å². The summed E-state index contributed by atoms with van der Waals surface area (Å²) in [6, 6.07) is 154. The lowest BCUT2D eigenvalue weighted by molar-refractivity contribution is 1.21. The molecule has 0 aliphatic carbocycles. The van der Waals surface area contributed by atoms with Gasteiger partial charge >= 0.3 is 0 Å². The Morgan fingerprint density at radius 2 is 0.387 bits per heavy atom. The molecular formula is C102H84N4. The summed E-state index contributed by atoms with van der Waals surface area (Å²) in [6.07, 6.45) is 0. The first-order valence-corrected chi connectivity index (χ1v) is 36.2. The van der Waals surface area contributed by atoms with Crippen molar-refractivity contribution in [1.29, 1.82) is 0 Å². The van der Waals surface area contributed by atoms with Crippen LogP contribution in [0.3, 0.4) is 0 Å². The van der Waals surface area contributed by atoms with E-state index >= 15 is 0 Å². The number of nitrogens with zero attached hydrogens (tertiary/aromatic N) is 4. The largest absolute Gasteiger partial charge is 0.345 e. The number of anilines is 8. The fraction of sp³-hybridized carbons (Fsp3) is 0.0392. The van der Waals surface area contributed by atoms with Crippen molar-refractivity contribution in [3.63, 3.8) is 0 Å². The zero-order chi connectivity index (χ0) is 72.2. The zero-order valence-electron chi connectivity index (χ0n) is 60.4. The predicted octanol–water partition coefficient (Wildman–Crippen LogP) is 27.8. The molecule has 0 heterocycles. The van der Waals surface area contributed by atoms with Gasteiger partial charge in [-0.15, -0.1) is 0 Å². The van der Waals surface area contributed by atoms with Gasteiger partial charge in [0, 0.05) is 79.1 Å². The summed E-state index contributed by atoms with van der Waals surface area (Å²) in [5, 5.41) is 5.07. The highest BCUT2D eigenvalue weighted by atomic mass is 15.1. The van der Waals surface area contributed by atoms with Crippen molar-refractivity contribution in [3.05, 3.63) is 437 Å². The standard InChI is InChI=1S/C31H25N.C25H21N.2C23H19N/c1-32(30-19-11-18-27(21-30)24-12-5-2-6-13-24)31-22-28(25-14-7-3-8-15-25)20-29(23-31)26-16-9-4-10-17-26;1-26(24-16-12-22(13-17-24)20-8-4-2-5-9-20)25-18-14-23(15-19-25)21-10-6-3-7-11-21;1-24(23-16-8-12-19-11-5-6-15-22(19)23)21-14-7-13-20(17-21)18-9-3-2-4-10-18;1-24(23-15-14-19-10-5-6-11-20(19)17-23)22-13-7-12-21(16-22)18-8-3-2-4-9-18/h2-23H,1H3;2-19H,1H3;2*2-17H,1H3. The molecule has 0 saturated heterocycles. The number of rotatable bonds is 15. The first kappa shape index (κ1) is 69.5. The van der Waals surface area contributed by atoms with Crippen LogP contribution >= 0.6 is 0 Å². The van der Waals surface area contributed by atoms with Gasteiger partial charge in [-0.1, -0.05) is 340 Å². The molecule has 0 bridgehead atoms. The SMILES string of the molecule is CN(c1ccc(-c2ccccc2)cc1)c1ccc(-c2ccccc2)cc1.CN(c1cccc(-c2ccccc2)c1)c1cc(-c2ccccc2)cc(-c2ccccc2)c1.CN(c1cccc(-c2ccccc2)c1)c1ccc2ccccc2c1.CN(c1cccc(-c2ccccc2)c1)c1cccc2ccccc12. The molecule has 0 unspecified atom stereocenters. The summed E-state index contributed by atoms with van der Waals surface area (Å²) in [5.41, 5.74) is 26.7. The number of fused-ring (bicyclic) bond motifs is 2. The maximum Gasteiger partial charge on any atom is 0.0487 e. The summed E-state index contributed by atoms with van der Waals surface area (Å²) < 4.78 is 0. The van der Waals surface area contributed by atoms with Crippen LogP contribution in [0.2, 0.25) is 0 Å². The zero-order valence-corrected chi connectivity index (χ0v) is 60.4. The van der Waals surface area contributed by atoms with Crippen LogP contribution < -0.4 is 19.6 Å². The highest BCUT2D eigenvalue weighted by Gasteiger charge is 2.14. The quantitative estimate of drug-likeness (QED) is 0.101. The molecule has 0 saturated carbocycles. The lowest BCUT2D eigenvalue weighted by Gasteiger charge is -2.22. The van der Waals surface area contributed by atoms with E-state index in [4.69, 9.17) is 0 Å². The average molecular weight is 1370 g/mol. The second-order valence-electron chi connectivity index (χ2n) is 26.3. The second-order valence-corrected chi connectivity index (χ2v) is 26.3. The van der Waals surface area contributed by atoms with Gasteiger partial charge in [-0.05, 0) is 191 Å². The van der Waals surface area contributed by atoms with E-state index in [1.165, 1.54) is 134 Å². The lowest BCUT2D eigenvalue weighted by atomic mass is 9.97. The normalized spacial score (nSPS) is 10.6. The predicted molar refractivity (Wildman–Crippen MR) is 457 cm³/mol. The van der Waals surface area contributed by atoms with Gasteiger partial charge in [0.1, 0.15) is 0 Å². The maximum atomic E-state index is 2.28. The van der Waals surface area contributed by atoms with Gasteiger partial charge < -0.3 is 19.6 Å². The molecule has 17 aromatic carbocycles. The van der Waals surface area contributed by atoms with Gasteiger partial charge in [-0.25, -0.2) is 0 Å². The summed E-state index contributed by atoms with van der Waals surface area (Å²) in [6.45, 7) is 0. The van der Waals surface area contributed by atoms with Gasteiger partial charge in [-0.2, -0.15) is 0 Å². The average Bonchev–Trinajstić information content (AvgIpc) is 0.837. The van der Waals surface area contributed by atoms with Crippen LogP contribution in [0.1, 0.15) is 0 Å². The molecule has 17 rings (SSSR count). The van der Waals surface area contributed by atoms with Crippen molar-refractivity contribution in [3.8, 4) is 77.9 Å². The van der Waals surface area contributed by atoms with Crippen molar-refractivity contribution in [2.45, 2.75) is 0 Å². The molecule has 0 amide bonds. The van der Waals surface area contributed by atoms with Gasteiger partial charge in [0.2, 0.25) is 0 Å². The third-order valence-electron chi connectivity index (χ3n) is 19.5. The van der Waals surface area contributed by atoms with Gasteiger partial charge in [0.25, 0.3) is 0 Å². The smallest absolute Gasteiger partial charge is 0.0487 e. The van der Waals surface area contributed by atoms with Gasteiger partial charge in [0.05, 0.1) is 0 Å². The minimum Gasteiger partial charge on any atom is -0.345 e. The minimum atomic E-state index is 1.16. The molecule has 17 aromatic rings. The third-order valence-corrected chi connectivity index (χ3v) is 19.5. The summed E-state index contributed by atoms with van der Waals surface area (Å²) >= 11 is 0. The van der Waals surface area contributed by atoms with Crippen molar-refractivity contribution >= 4 is 67.0 Å². The van der Waals surface area contributed by atoms with E-state index in [0.717, 1.165) is 11.4 Å². The van der Waals surface area contributed by atoms with Crippen LogP contribution in [0.5, 0.6) is 0 Å². The number of hydrogen-bond acceptors (Lipinski definition) is 4. The fourth-order valence-electron chi connectivity index (χ4n) is 13.5. The molecule has 4 nitrogen and oxygen atoms in total. The van der Waals surface area contributed by atoms with E-state index in [1.54, 1.807) is 0 Å². The molecule has 0 N–H and O–H groups in total. The summed E-state index contributed by atoms with van der Waals surface area (Å²) in [7, 11) is 8.50. The monoisotopic (exact) mass is 1360 g/mol. The molecular weight excluding hydrogens is 1280 g/mol. The third kappa shape index (κ3) is 17.1. The highest BCUT2D eigenvalue weighted by molar-refractivity contribution is 5.96. The molecule has 0 aromatic heterocycles. The van der Waals surface area contributed by atoms with Crippen molar-refractivity contribution in [2.75, 3.05) is 47.8 Å².